The first-order chi connectivity index (χ1) is 9.31. The van der Waals surface area contributed by atoms with Crippen LogP contribution in [0.15, 0.2) is 24.3 Å². The van der Waals surface area contributed by atoms with Crippen molar-refractivity contribution in [2.45, 2.75) is 25.2 Å². The van der Waals surface area contributed by atoms with E-state index in [-0.39, 0.29) is 24.8 Å². The van der Waals surface area contributed by atoms with Crippen LogP contribution in [-0.4, -0.2) is 28.3 Å². The molecular weight excluding hydrogens is 331 g/mol. The van der Waals surface area contributed by atoms with E-state index in [1.165, 1.54) is 5.56 Å². The lowest BCUT2D eigenvalue weighted by Gasteiger charge is -2.19. The molecule has 0 radical (unpaired) electrons. The molecule has 2 heterocycles. The van der Waals surface area contributed by atoms with Crippen LogP contribution in [0.1, 0.15) is 36.0 Å². The van der Waals surface area contributed by atoms with Gasteiger partial charge in [0.25, 0.3) is 0 Å². The summed E-state index contributed by atoms with van der Waals surface area (Å²) < 4.78 is 0. The molecule has 0 spiro atoms. The van der Waals surface area contributed by atoms with Gasteiger partial charge in [0.1, 0.15) is 5.82 Å². The average Bonchev–Trinajstić information content (AvgIpc) is 2.91. The van der Waals surface area contributed by atoms with Crippen molar-refractivity contribution in [2.75, 3.05) is 13.1 Å². The minimum absolute atomic E-state index is 0. The molecule has 1 aromatic heterocycles. The van der Waals surface area contributed by atoms with Crippen LogP contribution in [0, 0.1) is 0 Å². The molecule has 3 rings (SSSR count). The molecule has 1 aromatic carbocycles. The first-order valence-electron chi connectivity index (χ1n) is 6.67. The molecule has 0 amide bonds. The molecule has 1 saturated heterocycles. The number of piperidine rings is 1. The van der Waals surface area contributed by atoms with E-state index < -0.39 is 0 Å². The number of hydrogen-bond donors (Lipinski definition) is 2. The first kappa shape index (κ1) is 18.2. The third-order valence-corrected chi connectivity index (χ3v) is 3.79. The number of benzene rings is 1. The van der Waals surface area contributed by atoms with Gasteiger partial charge in [0.15, 0.2) is 5.82 Å². The van der Waals surface area contributed by atoms with Crippen LogP contribution < -0.4 is 5.32 Å². The Labute approximate surface area is 141 Å². The minimum Gasteiger partial charge on any atom is -0.317 e. The van der Waals surface area contributed by atoms with Gasteiger partial charge >= 0.3 is 0 Å². The van der Waals surface area contributed by atoms with Crippen molar-refractivity contribution in [1.29, 1.82) is 0 Å². The summed E-state index contributed by atoms with van der Waals surface area (Å²) in [5.74, 6) is 2.39. The highest BCUT2D eigenvalue weighted by atomic mass is 35.5. The molecule has 0 atom stereocenters. The Balaban J connectivity index is 0.00000110. The Morgan fingerprint density at radius 2 is 1.76 bits per heavy atom. The normalized spacial score (nSPS) is 15.1. The topological polar surface area (TPSA) is 53.6 Å². The van der Waals surface area contributed by atoms with Crippen molar-refractivity contribution in [1.82, 2.24) is 20.5 Å². The van der Waals surface area contributed by atoms with Crippen LogP contribution in [0.5, 0.6) is 0 Å². The summed E-state index contributed by atoms with van der Waals surface area (Å²) in [5.41, 5.74) is 1.19. The fourth-order valence-electron chi connectivity index (χ4n) is 2.45. The van der Waals surface area contributed by atoms with E-state index in [2.05, 4.69) is 20.5 Å². The number of rotatable bonds is 3. The van der Waals surface area contributed by atoms with Crippen molar-refractivity contribution in [3.63, 3.8) is 0 Å². The second-order valence-electron chi connectivity index (χ2n) is 4.97. The molecule has 7 heteroatoms. The van der Waals surface area contributed by atoms with Crippen molar-refractivity contribution in [3.05, 3.63) is 46.5 Å². The summed E-state index contributed by atoms with van der Waals surface area (Å²) in [7, 11) is 0. The van der Waals surface area contributed by atoms with Crippen LogP contribution in [0.4, 0.5) is 0 Å². The average molecular weight is 350 g/mol. The molecule has 116 valence electrons. The molecule has 4 nitrogen and oxygen atoms in total. The van der Waals surface area contributed by atoms with Crippen molar-refractivity contribution in [2.24, 2.45) is 0 Å². The highest BCUT2D eigenvalue weighted by Gasteiger charge is 2.19. The zero-order chi connectivity index (χ0) is 13.1. The molecule has 1 fully saturated rings. The van der Waals surface area contributed by atoms with Gasteiger partial charge in [-0.2, -0.15) is 5.10 Å². The number of hydrogen-bond acceptors (Lipinski definition) is 3. The quantitative estimate of drug-likeness (QED) is 0.893. The zero-order valence-corrected chi connectivity index (χ0v) is 13.9. The van der Waals surface area contributed by atoms with Crippen LogP contribution >= 0.6 is 36.4 Å². The predicted molar refractivity (Wildman–Crippen MR) is 90.0 cm³/mol. The van der Waals surface area contributed by atoms with E-state index in [0.29, 0.717) is 5.92 Å². The molecule has 1 aliphatic heterocycles. The summed E-state index contributed by atoms with van der Waals surface area (Å²) in [5, 5.41) is 11.5. The van der Waals surface area contributed by atoms with Gasteiger partial charge in [-0.05, 0) is 43.6 Å². The number of nitrogens with zero attached hydrogens (tertiary/aromatic N) is 2. The minimum atomic E-state index is 0. The standard InChI is InChI=1S/C14H17ClN4.2ClH/c15-12-3-1-10(2-4-12)9-13-17-14(19-18-13)11-5-7-16-8-6-11;;/h1-4,11,16H,5-9H2,(H,17,18,19);2*1H. The van der Waals surface area contributed by atoms with Crippen LogP contribution in [0.3, 0.4) is 0 Å². The van der Waals surface area contributed by atoms with Gasteiger partial charge in [-0.15, -0.1) is 24.8 Å². The van der Waals surface area contributed by atoms with Gasteiger partial charge in [-0.25, -0.2) is 4.98 Å². The van der Waals surface area contributed by atoms with Crippen LogP contribution in [0.25, 0.3) is 0 Å². The second kappa shape index (κ2) is 8.59. The maximum atomic E-state index is 5.88. The Kier molecular flexibility index (Phi) is 7.46. The summed E-state index contributed by atoms with van der Waals surface area (Å²) >= 11 is 5.88. The maximum Gasteiger partial charge on any atom is 0.153 e. The Bertz CT molecular complexity index is 535. The SMILES string of the molecule is Cl.Cl.Clc1ccc(Cc2nc(C3CCNCC3)n[nH]2)cc1. The summed E-state index contributed by atoms with van der Waals surface area (Å²) in [6.45, 7) is 2.12. The van der Waals surface area contributed by atoms with E-state index in [9.17, 15) is 0 Å². The number of aromatic nitrogens is 3. The number of H-pyrrole nitrogens is 1. The lowest BCUT2D eigenvalue weighted by atomic mass is 9.98. The third-order valence-electron chi connectivity index (χ3n) is 3.54. The van der Waals surface area contributed by atoms with E-state index in [4.69, 9.17) is 11.6 Å². The zero-order valence-electron chi connectivity index (χ0n) is 11.5. The summed E-state index contributed by atoms with van der Waals surface area (Å²) in [6.07, 6.45) is 3.02. The fourth-order valence-corrected chi connectivity index (χ4v) is 2.57. The van der Waals surface area contributed by atoms with Gasteiger partial charge in [-0.1, -0.05) is 23.7 Å². The number of halogens is 3. The number of nitrogens with one attached hydrogen (secondary N) is 2. The van der Waals surface area contributed by atoms with Gasteiger partial charge in [0.2, 0.25) is 0 Å². The molecule has 0 unspecified atom stereocenters. The molecular formula is C14H19Cl3N4. The highest BCUT2D eigenvalue weighted by Crippen LogP contribution is 2.22. The predicted octanol–water partition coefficient (Wildman–Crippen LogP) is 3.36. The molecule has 2 aromatic rings. The second-order valence-corrected chi connectivity index (χ2v) is 5.40. The molecule has 2 N–H and O–H groups in total. The Morgan fingerprint density at radius 1 is 1.10 bits per heavy atom. The monoisotopic (exact) mass is 348 g/mol. The third kappa shape index (κ3) is 4.85. The molecule has 0 aliphatic carbocycles. The van der Waals surface area contributed by atoms with Crippen molar-refractivity contribution >= 4 is 36.4 Å². The Morgan fingerprint density at radius 3 is 2.43 bits per heavy atom. The molecule has 21 heavy (non-hydrogen) atoms. The first-order valence-corrected chi connectivity index (χ1v) is 7.05. The van der Waals surface area contributed by atoms with Crippen molar-refractivity contribution < 1.29 is 0 Å². The van der Waals surface area contributed by atoms with Crippen LogP contribution in [0.2, 0.25) is 5.02 Å². The maximum absolute atomic E-state index is 5.88. The van der Waals surface area contributed by atoms with Crippen LogP contribution in [-0.2, 0) is 6.42 Å². The highest BCUT2D eigenvalue weighted by molar-refractivity contribution is 6.30. The molecule has 0 bridgehead atoms. The molecule has 0 saturated carbocycles. The lowest BCUT2D eigenvalue weighted by Crippen LogP contribution is -2.27. The summed E-state index contributed by atoms with van der Waals surface area (Å²) in [6, 6.07) is 7.85. The fraction of sp³-hybridized carbons (Fsp3) is 0.429. The van der Waals surface area contributed by atoms with E-state index in [1.54, 1.807) is 0 Å². The largest absolute Gasteiger partial charge is 0.317 e. The number of aromatic amines is 1. The van der Waals surface area contributed by atoms with Gasteiger partial charge in [0.05, 0.1) is 0 Å². The van der Waals surface area contributed by atoms with E-state index in [0.717, 1.165) is 49.0 Å². The Hall–Kier alpha value is -0.810. The van der Waals surface area contributed by atoms with Crippen molar-refractivity contribution in [3.8, 4) is 0 Å². The van der Waals surface area contributed by atoms with Gasteiger partial charge < -0.3 is 5.32 Å². The summed E-state index contributed by atoms with van der Waals surface area (Å²) in [4.78, 5) is 4.62. The van der Waals surface area contributed by atoms with E-state index >= 15 is 0 Å². The van der Waals surface area contributed by atoms with E-state index in [1.807, 2.05) is 24.3 Å². The lowest BCUT2D eigenvalue weighted by molar-refractivity contribution is 0.446. The smallest absolute Gasteiger partial charge is 0.153 e. The van der Waals surface area contributed by atoms with Gasteiger partial charge in [0, 0.05) is 17.4 Å². The molecule has 1 aliphatic rings. The van der Waals surface area contributed by atoms with Gasteiger partial charge in [-0.3, -0.25) is 5.10 Å².